The smallest absolute Gasteiger partial charge is 0.328 e. The molecule has 0 fully saturated rings. The molecular weight excluding hydrogens is 203 g/mol. The molecule has 15 heavy (non-hydrogen) atoms. The van der Waals surface area contributed by atoms with Crippen LogP contribution in [0, 0.1) is 0 Å². The van der Waals surface area contributed by atoms with Gasteiger partial charge in [-0.3, -0.25) is 0 Å². The molecule has 1 unspecified atom stereocenters. The zero-order chi connectivity index (χ0) is 11.5. The molecule has 0 radical (unpaired) electrons. The van der Waals surface area contributed by atoms with Crippen LogP contribution in [0.3, 0.4) is 0 Å². The summed E-state index contributed by atoms with van der Waals surface area (Å²) in [5, 5.41) is 0. The van der Waals surface area contributed by atoms with Gasteiger partial charge in [-0.1, -0.05) is 24.3 Å². The number of halogens is 3. The summed E-state index contributed by atoms with van der Waals surface area (Å²) in [6, 6.07) is 6.43. The lowest BCUT2D eigenvalue weighted by molar-refractivity contribution is -0.127. The Morgan fingerprint density at radius 1 is 1.20 bits per heavy atom. The van der Waals surface area contributed by atoms with Gasteiger partial charge in [-0.2, -0.15) is 13.2 Å². The summed E-state index contributed by atoms with van der Waals surface area (Å²) in [4.78, 5) is 0. The van der Waals surface area contributed by atoms with Crippen LogP contribution in [-0.4, -0.2) is 12.2 Å². The monoisotopic (exact) mass is 217 g/mol. The molecule has 0 aliphatic heterocycles. The van der Waals surface area contributed by atoms with Crippen LogP contribution in [0.4, 0.5) is 13.2 Å². The normalized spacial score (nSPS) is 13.9. The average molecular weight is 217 g/mol. The topological polar surface area (TPSA) is 26.0 Å². The predicted molar refractivity (Wildman–Crippen MR) is 53.6 cm³/mol. The second-order valence-electron chi connectivity index (χ2n) is 3.74. The molecular formula is C11H14F3N. The first kappa shape index (κ1) is 12.0. The maximum absolute atomic E-state index is 12.2. The Bertz CT molecular complexity index is 318. The predicted octanol–water partition coefficient (Wildman–Crippen LogP) is 2.68. The molecule has 1 aromatic rings. The molecule has 0 heterocycles. The van der Waals surface area contributed by atoms with Crippen molar-refractivity contribution in [3.05, 3.63) is 35.4 Å². The van der Waals surface area contributed by atoms with Gasteiger partial charge in [0, 0.05) is 6.04 Å². The van der Waals surface area contributed by atoms with E-state index in [9.17, 15) is 13.2 Å². The fourth-order valence-corrected chi connectivity index (χ4v) is 1.49. The molecule has 0 bridgehead atoms. The first-order valence-electron chi connectivity index (χ1n) is 4.77. The number of alkyl halides is 3. The highest BCUT2D eigenvalue weighted by Gasteiger charge is 2.28. The van der Waals surface area contributed by atoms with Crippen molar-refractivity contribution < 1.29 is 13.2 Å². The average Bonchev–Trinajstić information content (AvgIpc) is 2.05. The van der Waals surface area contributed by atoms with E-state index < -0.39 is 12.6 Å². The van der Waals surface area contributed by atoms with Crippen LogP contribution in [0.5, 0.6) is 0 Å². The largest absolute Gasteiger partial charge is 0.393 e. The van der Waals surface area contributed by atoms with Crippen molar-refractivity contribution >= 4 is 0 Å². The summed E-state index contributed by atoms with van der Waals surface area (Å²) in [7, 11) is 0. The molecule has 0 saturated carbocycles. The number of rotatable bonds is 3. The van der Waals surface area contributed by atoms with Crippen LogP contribution in [-0.2, 0) is 12.8 Å². The molecule has 1 aromatic carbocycles. The molecule has 1 atom stereocenters. The van der Waals surface area contributed by atoms with Crippen molar-refractivity contribution in [3.63, 3.8) is 0 Å². The van der Waals surface area contributed by atoms with E-state index in [2.05, 4.69) is 0 Å². The molecule has 2 N–H and O–H groups in total. The van der Waals surface area contributed by atoms with Gasteiger partial charge >= 0.3 is 6.18 Å². The van der Waals surface area contributed by atoms with Crippen molar-refractivity contribution in [2.45, 2.75) is 32.0 Å². The number of hydrogen-bond donors (Lipinski definition) is 1. The first-order chi connectivity index (χ1) is 6.88. The minimum Gasteiger partial charge on any atom is -0.328 e. The molecule has 1 nitrogen and oxygen atoms in total. The van der Waals surface area contributed by atoms with E-state index in [0.29, 0.717) is 17.5 Å². The quantitative estimate of drug-likeness (QED) is 0.827. The van der Waals surface area contributed by atoms with Crippen LogP contribution in [0.1, 0.15) is 18.1 Å². The Morgan fingerprint density at radius 3 is 2.20 bits per heavy atom. The van der Waals surface area contributed by atoms with E-state index in [1.807, 2.05) is 0 Å². The Morgan fingerprint density at radius 2 is 1.73 bits per heavy atom. The Kier molecular flexibility index (Phi) is 3.74. The van der Waals surface area contributed by atoms with Gasteiger partial charge in [-0.25, -0.2) is 0 Å². The molecule has 84 valence electrons. The fourth-order valence-electron chi connectivity index (χ4n) is 1.49. The molecule has 0 aliphatic carbocycles. The summed E-state index contributed by atoms with van der Waals surface area (Å²) in [5.41, 5.74) is 6.58. The van der Waals surface area contributed by atoms with Gasteiger partial charge in [-0.05, 0) is 24.5 Å². The molecule has 0 spiro atoms. The maximum Gasteiger partial charge on any atom is 0.393 e. The van der Waals surface area contributed by atoms with E-state index in [0.717, 1.165) is 0 Å². The van der Waals surface area contributed by atoms with Crippen LogP contribution < -0.4 is 5.73 Å². The van der Waals surface area contributed by atoms with Crippen molar-refractivity contribution in [2.75, 3.05) is 0 Å². The minimum absolute atomic E-state index is 0.126. The van der Waals surface area contributed by atoms with Crippen LogP contribution in [0.15, 0.2) is 24.3 Å². The highest BCUT2D eigenvalue weighted by atomic mass is 19.4. The van der Waals surface area contributed by atoms with Crippen molar-refractivity contribution in [1.82, 2.24) is 0 Å². The van der Waals surface area contributed by atoms with Crippen molar-refractivity contribution in [3.8, 4) is 0 Å². The minimum atomic E-state index is -4.16. The van der Waals surface area contributed by atoms with Gasteiger partial charge in [0.1, 0.15) is 0 Å². The number of hydrogen-bond acceptors (Lipinski definition) is 1. The van der Waals surface area contributed by atoms with E-state index in [-0.39, 0.29) is 6.04 Å². The van der Waals surface area contributed by atoms with Gasteiger partial charge in [0.15, 0.2) is 0 Å². The van der Waals surface area contributed by atoms with Crippen molar-refractivity contribution in [1.29, 1.82) is 0 Å². The third kappa shape index (κ3) is 4.34. The highest BCUT2D eigenvalue weighted by molar-refractivity contribution is 5.28. The van der Waals surface area contributed by atoms with E-state index >= 15 is 0 Å². The second kappa shape index (κ2) is 4.66. The van der Waals surface area contributed by atoms with Crippen LogP contribution in [0.25, 0.3) is 0 Å². The molecule has 0 amide bonds. The summed E-state index contributed by atoms with van der Waals surface area (Å²) in [6.45, 7) is 1.78. The Hall–Kier alpha value is -1.03. The third-order valence-electron chi connectivity index (χ3n) is 2.05. The molecule has 1 rings (SSSR count). The molecule has 4 heteroatoms. The van der Waals surface area contributed by atoms with E-state index in [4.69, 9.17) is 5.73 Å². The van der Waals surface area contributed by atoms with Crippen molar-refractivity contribution in [2.24, 2.45) is 5.73 Å². The second-order valence-corrected chi connectivity index (χ2v) is 3.74. The van der Waals surface area contributed by atoms with Crippen LogP contribution >= 0.6 is 0 Å². The zero-order valence-electron chi connectivity index (χ0n) is 8.51. The zero-order valence-corrected chi connectivity index (χ0v) is 8.51. The lowest BCUT2D eigenvalue weighted by atomic mass is 9.99. The molecule has 0 aromatic heterocycles. The Labute approximate surface area is 87.1 Å². The van der Waals surface area contributed by atoms with E-state index in [1.165, 1.54) is 6.07 Å². The summed E-state index contributed by atoms with van der Waals surface area (Å²) in [5.74, 6) is 0. The highest BCUT2D eigenvalue weighted by Crippen LogP contribution is 2.23. The number of nitrogens with two attached hydrogens (primary N) is 1. The summed E-state index contributed by atoms with van der Waals surface area (Å²) < 4.78 is 36.7. The van der Waals surface area contributed by atoms with Gasteiger partial charge < -0.3 is 5.73 Å². The summed E-state index contributed by atoms with van der Waals surface area (Å²) >= 11 is 0. The first-order valence-corrected chi connectivity index (χ1v) is 4.77. The van der Waals surface area contributed by atoms with Gasteiger partial charge in [-0.15, -0.1) is 0 Å². The lowest BCUT2D eigenvalue weighted by Gasteiger charge is -2.13. The fraction of sp³-hybridized carbons (Fsp3) is 0.455. The SMILES string of the molecule is CC(N)Cc1ccccc1CC(F)(F)F. The third-order valence-corrected chi connectivity index (χ3v) is 2.05. The molecule has 0 aliphatic rings. The summed E-state index contributed by atoms with van der Waals surface area (Å²) in [6.07, 6.45) is -4.56. The van der Waals surface area contributed by atoms with Gasteiger partial charge in [0.05, 0.1) is 6.42 Å². The Balaban J connectivity index is 2.86. The van der Waals surface area contributed by atoms with Gasteiger partial charge in [0.25, 0.3) is 0 Å². The maximum atomic E-state index is 12.2. The lowest BCUT2D eigenvalue weighted by Crippen LogP contribution is -2.20. The standard InChI is InChI=1S/C11H14F3N/c1-8(15)6-9-4-2-3-5-10(9)7-11(12,13)14/h2-5,8H,6-7,15H2,1H3. The van der Waals surface area contributed by atoms with E-state index in [1.54, 1.807) is 25.1 Å². The van der Waals surface area contributed by atoms with Gasteiger partial charge in [0.2, 0.25) is 0 Å². The van der Waals surface area contributed by atoms with Crippen LogP contribution in [0.2, 0.25) is 0 Å². The molecule has 0 saturated heterocycles. The number of benzene rings is 1.